The minimum Gasteiger partial charge on any atom is -0.340 e. The molecule has 4 heteroatoms. The summed E-state index contributed by atoms with van der Waals surface area (Å²) in [5, 5.41) is 0.819. The van der Waals surface area contributed by atoms with E-state index in [4.69, 9.17) is 11.6 Å². The Hall–Kier alpha value is -1.06. The third-order valence-electron chi connectivity index (χ3n) is 4.44. The molecular formula is C17H23ClN2O. The zero-order valence-corrected chi connectivity index (χ0v) is 13.2. The van der Waals surface area contributed by atoms with Gasteiger partial charge in [0.2, 0.25) is 5.91 Å². The van der Waals surface area contributed by atoms with Crippen molar-refractivity contribution in [2.75, 3.05) is 32.7 Å². The number of amides is 1. The molecule has 1 heterocycles. The molecule has 3 nitrogen and oxygen atoms in total. The standard InChI is InChI=1S/C17H23ClN2O/c18-16-5-1-3-14(13-16)4-2-8-19-9-11-20(12-10-19)17(21)15-6-7-15/h1,3,5,13,15H,2,4,6-12H2. The number of halogens is 1. The van der Waals surface area contributed by atoms with Crippen LogP contribution < -0.4 is 0 Å². The second-order valence-corrected chi connectivity index (χ2v) is 6.61. The van der Waals surface area contributed by atoms with Crippen LogP contribution in [0.4, 0.5) is 0 Å². The van der Waals surface area contributed by atoms with Gasteiger partial charge in [0, 0.05) is 37.1 Å². The molecule has 1 aliphatic carbocycles. The number of carbonyl (C=O) groups excluding carboxylic acids is 1. The minimum absolute atomic E-state index is 0.361. The van der Waals surface area contributed by atoms with Crippen LogP contribution in [0, 0.1) is 5.92 Å². The molecule has 21 heavy (non-hydrogen) atoms. The zero-order valence-electron chi connectivity index (χ0n) is 12.4. The van der Waals surface area contributed by atoms with E-state index in [0.717, 1.165) is 63.4 Å². The van der Waals surface area contributed by atoms with Gasteiger partial charge in [0.15, 0.2) is 0 Å². The van der Waals surface area contributed by atoms with Gasteiger partial charge in [0.1, 0.15) is 0 Å². The van der Waals surface area contributed by atoms with Crippen molar-refractivity contribution in [2.45, 2.75) is 25.7 Å². The highest BCUT2D eigenvalue weighted by atomic mass is 35.5. The fourth-order valence-electron chi connectivity index (χ4n) is 2.98. The first-order valence-corrected chi connectivity index (χ1v) is 8.36. The van der Waals surface area contributed by atoms with Gasteiger partial charge in [-0.15, -0.1) is 0 Å². The molecule has 0 bridgehead atoms. The molecule has 3 rings (SSSR count). The molecule has 0 unspecified atom stereocenters. The van der Waals surface area contributed by atoms with E-state index in [9.17, 15) is 4.79 Å². The molecule has 1 aliphatic heterocycles. The average molecular weight is 307 g/mol. The molecule has 1 saturated carbocycles. The molecule has 0 N–H and O–H groups in total. The summed E-state index contributed by atoms with van der Waals surface area (Å²) >= 11 is 6.00. The second-order valence-electron chi connectivity index (χ2n) is 6.17. The molecule has 0 radical (unpaired) electrons. The van der Waals surface area contributed by atoms with Crippen LogP contribution in [0.1, 0.15) is 24.8 Å². The Balaban J connectivity index is 1.36. The van der Waals surface area contributed by atoms with Crippen molar-refractivity contribution in [1.29, 1.82) is 0 Å². The Kier molecular flexibility index (Phi) is 4.81. The van der Waals surface area contributed by atoms with E-state index in [-0.39, 0.29) is 0 Å². The monoisotopic (exact) mass is 306 g/mol. The van der Waals surface area contributed by atoms with Crippen LogP contribution in [0.25, 0.3) is 0 Å². The van der Waals surface area contributed by atoms with Crippen molar-refractivity contribution < 1.29 is 4.79 Å². The van der Waals surface area contributed by atoms with Crippen molar-refractivity contribution in [2.24, 2.45) is 5.92 Å². The quantitative estimate of drug-likeness (QED) is 0.835. The summed E-state index contributed by atoms with van der Waals surface area (Å²) in [4.78, 5) is 16.5. The molecule has 0 spiro atoms. The van der Waals surface area contributed by atoms with Crippen molar-refractivity contribution >= 4 is 17.5 Å². The van der Waals surface area contributed by atoms with E-state index in [1.807, 2.05) is 18.2 Å². The Bertz CT molecular complexity index is 493. The van der Waals surface area contributed by atoms with E-state index in [2.05, 4.69) is 15.9 Å². The van der Waals surface area contributed by atoms with Crippen molar-refractivity contribution in [3.8, 4) is 0 Å². The van der Waals surface area contributed by atoms with Gasteiger partial charge < -0.3 is 4.90 Å². The fourth-order valence-corrected chi connectivity index (χ4v) is 3.19. The predicted molar refractivity (Wildman–Crippen MR) is 85.5 cm³/mol. The third-order valence-corrected chi connectivity index (χ3v) is 4.67. The maximum Gasteiger partial charge on any atom is 0.225 e. The number of benzene rings is 1. The molecule has 1 saturated heterocycles. The summed E-state index contributed by atoms with van der Waals surface area (Å²) in [7, 11) is 0. The Labute approximate surface area is 131 Å². The molecule has 0 aromatic heterocycles. The van der Waals surface area contributed by atoms with Gasteiger partial charge in [0.25, 0.3) is 0 Å². The van der Waals surface area contributed by atoms with Crippen molar-refractivity contribution in [3.63, 3.8) is 0 Å². The van der Waals surface area contributed by atoms with Gasteiger partial charge in [0.05, 0.1) is 0 Å². The number of hydrogen-bond donors (Lipinski definition) is 0. The lowest BCUT2D eigenvalue weighted by Crippen LogP contribution is -2.49. The van der Waals surface area contributed by atoms with Crippen LogP contribution in [0.15, 0.2) is 24.3 Å². The van der Waals surface area contributed by atoms with Crippen LogP contribution in [0.2, 0.25) is 5.02 Å². The number of nitrogens with zero attached hydrogens (tertiary/aromatic N) is 2. The van der Waals surface area contributed by atoms with Gasteiger partial charge in [-0.2, -0.15) is 0 Å². The van der Waals surface area contributed by atoms with Crippen LogP contribution >= 0.6 is 11.6 Å². The molecule has 1 amide bonds. The number of aryl methyl sites for hydroxylation is 1. The van der Waals surface area contributed by atoms with Crippen molar-refractivity contribution in [3.05, 3.63) is 34.9 Å². The molecule has 0 atom stereocenters. The largest absolute Gasteiger partial charge is 0.340 e. The normalized spacial score (nSPS) is 19.8. The van der Waals surface area contributed by atoms with Gasteiger partial charge in [-0.25, -0.2) is 0 Å². The average Bonchev–Trinajstić information content (AvgIpc) is 3.32. The van der Waals surface area contributed by atoms with E-state index < -0.39 is 0 Å². The lowest BCUT2D eigenvalue weighted by Gasteiger charge is -2.34. The molecule has 1 aromatic carbocycles. The van der Waals surface area contributed by atoms with Gasteiger partial charge in [-0.1, -0.05) is 23.7 Å². The summed E-state index contributed by atoms with van der Waals surface area (Å²) in [6.07, 6.45) is 4.44. The van der Waals surface area contributed by atoms with E-state index >= 15 is 0 Å². The Morgan fingerprint density at radius 1 is 1.19 bits per heavy atom. The van der Waals surface area contributed by atoms with Crippen LogP contribution in [-0.2, 0) is 11.2 Å². The zero-order chi connectivity index (χ0) is 14.7. The highest BCUT2D eigenvalue weighted by Crippen LogP contribution is 2.31. The maximum absolute atomic E-state index is 12.0. The van der Waals surface area contributed by atoms with Crippen LogP contribution in [0.3, 0.4) is 0 Å². The highest BCUT2D eigenvalue weighted by Gasteiger charge is 2.34. The molecular weight excluding hydrogens is 284 g/mol. The number of hydrogen-bond acceptors (Lipinski definition) is 2. The first-order chi connectivity index (χ1) is 10.2. The molecule has 2 aliphatic rings. The number of rotatable bonds is 5. The summed E-state index contributed by atoms with van der Waals surface area (Å²) in [5.74, 6) is 0.757. The summed E-state index contributed by atoms with van der Waals surface area (Å²) < 4.78 is 0. The van der Waals surface area contributed by atoms with Crippen LogP contribution in [0.5, 0.6) is 0 Å². The first kappa shape index (κ1) is 14.9. The fraction of sp³-hybridized carbons (Fsp3) is 0.588. The third kappa shape index (κ3) is 4.21. The minimum atomic E-state index is 0.361. The first-order valence-electron chi connectivity index (χ1n) is 7.98. The van der Waals surface area contributed by atoms with E-state index in [0.29, 0.717) is 11.8 Å². The maximum atomic E-state index is 12.0. The molecule has 2 fully saturated rings. The van der Waals surface area contributed by atoms with Crippen molar-refractivity contribution in [1.82, 2.24) is 9.80 Å². The molecule has 114 valence electrons. The lowest BCUT2D eigenvalue weighted by molar-refractivity contribution is -0.134. The SMILES string of the molecule is O=C(C1CC1)N1CCN(CCCc2cccc(Cl)c2)CC1. The highest BCUT2D eigenvalue weighted by molar-refractivity contribution is 6.30. The summed E-state index contributed by atoms with van der Waals surface area (Å²) in [6, 6.07) is 8.12. The predicted octanol–water partition coefficient (Wildman–Crippen LogP) is 2.83. The second kappa shape index (κ2) is 6.80. The Morgan fingerprint density at radius 2 is 1.95 bits per heavy atom. The van der Waals surface area contributed by atoms with Crippen LogP contribution in [-0.4, -0.2) is 48.4 Å². The topological polar surface area (TPSA) is 23.6 Å². The van der Waals surface area contributed by atoms with Gasteiger partial charge in [-0.3, -0.25) is 9.69 Å². The van der Waals surface area contributed by atoms with Gasteiger partial charge >= 0.3 is 0 Å². The number of carbonyl (C=O) groups is 1. The number of piperazine rings is 1. The molecule has 1 aromatic rings. The lowest BCUT2D eigenvalue weighted by atomic mass is 10.1. The summed E-state index contributed by atoms with van der Waals surface area (Å²) in [5.41, 5.74) is 1.31. The van der Waals surface area contributed by atoms with Gasteiger partial charge in [-0.05, 0) is 49.9 Å². The summed E-state index contributed by atoms with van der Waals surface area (Å²) in [6.45, 7) is 4.97. The smallest absolute Gasteiger partial charge is 0.225 e. The van der Waals surface area contributed by atoms with E-state index in [1.54, 1.807) is 0 Å². The Morgan fingerprint density at radius 3 is 2.62 bits per heavy atom. The van der Waals surface area contributed by atoms with E-state index in [1.165, 1.54) is 5.56 Å².